The van der Waals surface area contributed by atoms with E-state index in [4.69, 9.17) is 4.74 Å². The summed E-state index contributed by atoms with van der Waals surface area (Å²) in [5.41, 5.74) is 1.25. The Morgan fingerprint density at radius 2 is 2.03 bits per heavy atom. The van der Waals surface area contributed by atoms with Crippen molar-refractivity contribution in [2.75, 3.05) is 37.7 Å². The van der Waals surface area contributed by atoms with E-state index in [0.717, 1.165) is 6.54 Å². The number of anilines is 1. The molecule has 1 atom stereocenters. The number of hydrogen-bond acceptors (Lipinski definition) is 5. The molecule has 0 amide bonds. The van der Waals surface area contributed by atoms with Gasteiger partial charge < -0.3 is 9.64 Å². The summed E-state index contributed by atoms with van der Waals surface area (Å²) in [6, 6.07) is 12.0. The second-order valence-corrected chi connectivity index (χ2v) is 10.6. The Morgan fingerprint density at radius 1 is 1.31 bits per heavy atom. The lowest BCUT2D eigenvalue weighted by atomic mass is 9.78. The summed E-state index contributed by atoms with van der Waals surface area (Å²) in [6.45, 7) is 8.86. The Kier molecular flexibility index (Phi) is 6.98. The van der Waals surface area contributed by atoms with Crippen molar-refractivity contribution in [2.24, 2.45) is 5.41 Å². The summed E-state index contributed by atoms with van der Waals surface area (Å²) in [4.78, 5) is 6.77. The molecule has 1 N–H and O–H groups in total. The summed E-state index contributed by atoms with van der Waals surface area (Å²) in [5.74, 6) is 0.777. The third-order valence-electron chi connectivity index (χ3n) is 5.28. The molecule has 1 aliphatic rings. The zero-order valence-corrected chi connectivity index (χ0v) is 19.5. The Hall–Kier alpha value is -1.48. The lowest BCUT2D eigenvalue weighted by molar-refractivity contribution is 0.153. The number of rotatable bonds is 8. The molecule has 2 heterocycles. The fraction of sp³-hybridized carbons (Fsp3) is 0.476. The van der Waals surface area contributed by atoms with Gasteiger partial charge >= 0.3 is 0 Å². The van der Waals surface area contributed by atoms with Crippen molar-refractivity contribution in [2.45, 2.75) is 31.6 Å². The molecule has 0 spiro atoms. The van der Waals surface area contributed by atoms with Crippen LogP contribution in [0.1, 0.15) is 32.3 Å². The summed E-state index contributed by atoms with van der Waals surface area (Å²) < 4.78 is 34.5. The van der Waals surface area contributed by atoms with Crippen molar-refractivity contribution in [1.29, 1.82) is 0 Å². The van der Waals surface area contributed by atoms with Gasteiger partial charge in [0.25, 0.3) is 0 Å². The Labute approximate surface area is 181 Å². The molecule has 1 aromatic heterocycles. The molecule has 2 aromatic rings. The predicted molar refractivity (Wildman–Crippen MR) is 119 cm³/mol. The van der Waals surface area contributed by atoms with Gasteiger partial charge in [-0.2, -0.15) is 0 Å². The average Bonchev–Trinajstić information content (AvgIpc) is 3.01. The summed E-state index contributed by atoms with van der Waals surface area (Å²) in [7, 11) is -3.71. The molecule has 1 saturated heterocycles. The number of ether oxygens (including phenoxy) is 1. The predicted octanol–water partition coefficient (Wildman–Crippen LogP) is 3.79. The van der Waals surface area contributed by atoms with Crippen LogP contribution in [0.15, 0.2) is 52.0 Å². The Morgan fingerprint density at radius 3 is 2.72 bits per heavy atom. The smallest absolute Gasteiger partial charge is 0.244 e. The zero-order chi connectivity index (χ0) is 21.1. The first kappa shape index (κ1) is 22.2. The lowest BCUT2D eigenvalue weighted by Crippen LogP contribution is -2.31. The monoisotopic (exact) mass is 481 g/mol. The molecule has 1 aromatic carbocycles. The third-order valence-corrected chi connectivity index (χ3v) is 7.18. The molecule has 29 heavy (non-hydrogen) atoms. The summed E-state index contributed by atoms with van der Waals surface area (Å²) in [6.07, 6.45) is 1.65. The Bertz CT molecular complexity index is 935. The normalized spacial score (nSPS) is 18.9. The largest absolute Gasteiger partial charge is 0.380 e. The van der Waals surface area contributed by atoms with E-state index in [1.807, 2.05) is 25.1 Å². The average molecular weight is 482 g/mol. The standard InChI is InChI=1S/C21H28BrN3O3S/c1-4-28-11-10-24-29(26,27)19-12-17(22)13-23-20(19)25-14-18(21(2,3)15-25)16-8-6-5-7-9-16/h5-9,12-13,18,24H,4,10-11,14-15H2,1-3H3. The van der Waals surface area contributed by atoms with Gasteiger partial charge in [-0.05, 0) is 39.9 Å². The van der Waals surface area contributed by atoms with E-state index in [-0.39, 0.29) is 22.8 Å². The van der Waals surface area contributed by atoms with Crippen molar-refractivity contribution in [3.05, 3.63) is 52.6 Å². The highest BCUT2D eigenvalue weighted by atomic mass is 79.9. The van der Waals surface area contributed by atoms with Gasteiger partial charge in [-0.3, -0.25) is 0 Å². The van der Waals surface area contributed by atoms with Crippen LogP contribution in [0.3, 0.4) is 0 Å². The van der Waals surface area contributed by atoms with E-state index < -0.39 is 10.0 Å². The maximum absolute atomic E-state index is 13.0. The lowest BCUT2D eigenvalue weighted by Gasteiger charge is -2.25. The van der Waals surface area contributed by atoms with Gasteiger partial charge in [-0.15, -0.1) is 0 Å². The van der Waals surface area contributed by atoms with Crippen molar-refractivity contribution < 1.29 is 13.2 Å². The van der Waals surface area contributed by atoms with Crippen LogP contribution in [0.4, 0.5) is 5.82 Å². The number of aromatic nitrogens is 1. The first-order valence-corrected chi connectivity index (χ1v) is 12.0. The summed E-state index contributed by atoms with van der Waals surface area (Å²) in [5, 5.41) is 0. The molecular formula is C21H28BrN3O3S. The van der Waals surface area contributed by atoms with E-state index >= 15 is 0 Å². The molecule has 6 nitrogen and oxygen atoms in total. The summed E-state index contributed by atoms with van der Waals surface area (Å²) >= 11 is 3.36. The molecule has 158 valence electrons. The topological polar surface area (TPSA) is 71.5 Å². The Balaban J connectivity index is 1.90. The van der Waals surface area contributed by atoms with Gasteiger partial charge in [0, 0.05) is 42.8 Å². The van der Waals surface area contributed by atoms with Gasteiger partial charge in [-0.1, -0.05) is 44.2 Å². The maximum atomic E-state index is 13.0. The minimum atomic E-state index is -3.71. The van der Waals surface area contributed by atoms with Crippen LogP contribution < -0.4 is 9.62 Å². The van der Waals surface area contributed by atoms with Gasteiger partial charge in [0.1, 0.15) is 10.7 Å². The fourth-order valence-corrected chi connectivity index (χ4v) is 5.55. The minimum Gasteiger partial charge on any atom is -0.380 e. The van der Waals surface area contributed by atoms with Crippen molar-refractivity contribution >= 4 is 31.8 Å². The molecule has 0 bridgehead atoms. The van der Waals surface area contributed by atoms with Crippen molar-refractivity contribution in [3.8, 4) is 0 Å². The highest BCUT2D eigenvalue weighted by Crippen LogP contribution is 2.44. The number of sulfonamides is 1. The van der Waals surface area contributed by atoms with Crippen molar-refractivity contribution in [1.82, 2.24) is 9.71 Å². The fourth-order valence-electron chi connectivity index (χ4n) is 3.86. The van der Waals surface area contributed by atoms with Crippen LogP contribution in [0.5, 0.6) is 0 Å². The van der Waals surface area contributed by atoms with Gasteiger partial charge in [0.15, 0.2) is 0 Å². The van der Waals surface area contributed by atoms with E-state index in [2.05, 4.69) is 56.5 Å². The van der Waals surface area contributed by atoms with E-state index in [9.17, 15) is 8.42 Å². The molecule has 1 unspecified atom stereocenters. The molecule has 1 fully saturated rings. The van der Waals surface area contributed by atoms with Crippen molar-refractivity contribution in [3.63, 3.8) is 0 Å². The first-order chi connectivity index (χ1) is 13.7. The number of hydrogen-bond donors (Lipinski definition) is 1. The van der Waals surface area contributed by atoms with Gasteiger partial charge in [-0.25, -0.2) is 18.1 Å². The number of halogens is 1. The van der Waals surface area contributed by atoms with Crippen LogP contribution in [0.25, 0.3) is 0 Å². The van der Waals surface area contributed by atoms with Crippen LogP contribution in [0, 0.1) is 5.41 Å². The highest BCUT2D eigenvalue weighted by Gasteiger charge is 2.42. The number of pyridine rings is 1. The molecule has 0 saturated carbocycles. The molecule has 0 aliphatic carbocycles. The molecule has 1 aliphatic heterocycles. The van der Waals surface area contributed by atoms with E-state index in [1.54, 1.807) is 12.3 Å². The number of nitrogens with one attached hydrogen (secondary N) is 1. The second-order valence-electron chi connectivity index (χ2n) is 7.90. The second kappa shape index (κ2) is 9.12. The molecule has 8 heteroatoms. The molecule has 0 radical (unpaired) electrons. The highest BCUT2D eigenvalue weighted by molar-refractivity contribution is 9.10. The third kappa shape index (κ3) is 5.17. The van der Waals surface area contributed by atoms with Crippen LogP contribution in [-0.4, -0.2) is 46.2 Å². The van der Waals surface area contributed by atoms with Gasteiger partial charge in [0.05, 0.1) is 6.61 Å². The molecule has 3 rings (SSSR count). The number of nitrogens with zero attached hydrogens (tertiary/aromatic N) is 2. The maximum Gasteiger partial charge on any atom is 0.244 e. The van der Waals surface area contributed by atoms with Crippen LogP contribution >= 0.6 is 15.9 Å². The quantitative estimate of drug-likeness (QED) is 0.580. The number of benzene rings is 1. The molecular weight excluding hydrogens is 454 g/mol. The SMILES string of the molecule is CCOCCNS(=O)(=O)c1cc(Br)cnc1N1CC(c2ccccc2)C(C)(C)C1. The van der Waals surface area contributed by atoms with Gasteiger partial charge in [0.2, 0.25) is 10.0 Å². The van der Waals surface area contributed by atoms with Crippen LogP contribution in [-0.2, 0) is 14.8 Å². The van der Waals surface area contributed by atoms with E-state index in [1.165, 1.54) is 5.56 Å². The zero-order valence-electron chi connectivity index (χ0n) is 17.1. The first-order valence-electron chi connectivity index (χ1n) is 9.77. The van der Waals surface area contributed by atoms with Crippen LogP contribution in [0.2, 0.25) is 0 Å². The minimum absolute atomic E-state index is 0.0144. The van der Waals surface area contributed by atoms with E-state index in [0.29, 0.717) is 30.0 Å².